The fraction of sp³-hybridized carbons (Fsp3) is 0.118. The average molecular weight is 364 g/mol. The predicted molar refractivity (Wildman–Crippen MR) is 95.7 cm³/mol. The molecule has 7 heteroatoms. The molecule has 0 fully saturated rings. The highest BCUT2D eigenvalue weighted by Crippen LogP contribution is 2.22. The molecule has 2 aromatic carbocycles. The minimum absolute atomic E-state index is 0.204. The summed E-state index contributed by atoms with van der Waals surface area (Å²) < 4.78 is 0. The van der Waals surface area contributed by atoms with Crippen LogP contribution in [0.4, 0.5) is 0 Å². The van der Waals surface area contributed by atoms with Crippen molar-refractivity contribution in [1.82, 2.24) is 10.7 Å². The van der Waals surface area contributed by atoms with E-state index in [9.17, 15) is 9.59 Å². The van der Waals surface area contributed by atoms with Gasteiger partial charge in [-0.05, 0) is 30.7 Å². The molecule has 2 aromatic rings. The second-order valence-electron chi connectivity index (χ2n) is 5.02. The molecule has 0 aromatic heterocycles. The number of amides is 2. The number of carbonyl (C=O) groups excluding carboxylic acids is 2. The van der Waals surface area contributed by atoms with Gasteiger partial charge in [-0.1, -0.05) is 53.0 Å². The quantitative estimate of drug-likeness (QED) is 0.632. The monoisotopic (exact) mass is 363 g/mol. The number of hydrogen-bond acceptors (Lipinski definition) is 3. The molecule has 5 nitrogen and oxygen atoms in total. The van der Waals surface area contributed by atoms with Gasteiger partial charge in [0.05, 0.1) is 22.8 Å². The van der Waals surface area contributed by atoms with Crippen LogP contribution < -0.4 is 10.7 Å². The topological polar surface area (TPSA) is 70.6 Å². The largest absolute Gasteiger partial charge is 0.343 e. The van der Waals surface area contributed by atoms with Gasteiger partial charge in [-0.3, -0.25) is 9.59 Å². The zero-order valence-electron chi connectivity index (χ0n) is 12.8. The van der Waals surface area contributed by atoms with Crippen molar-refractivity contribution >= 4 is 41.2 Å². The van der Waals surface area contributed by atoms with Crippen molar-refractivity contribution in [2.75, 3.05) is 6.54 Å². The summed E-state index contributed by atoms with van der Waals surface area (Å²) >= 11 is 11.6. The summed E-state index contributed by atoms with van der Waals surface area (Å²) in [5.41, 5.74) is 4.66. The number of rotatable bonds is 5. The third-order valence-electron chi connectivity index (χ3n) is 3.07. The average Bonchev–Trinajstić information content (AvgIpc) is 2.57. The SMILES string of the molecule is Cc1ccc(/C=N/NC(=O)CNC(=O)c2ccc(Cl)c(Cl)c2)cc1. The molecule has 124 valence electrons. The van der Waals surface area contributed by atoms with E-state index in [1.165, 1.54) is 24.4 Å². The van der Waals surface area contributed by atoms with Crippen LogP contribution in [-0.2, 0) is 4.79 Å². The number of benzene rings is 2. The van der Waals surface area contributed by atoms with Crippen LogP contribution in [0.1, 0.15) is 21.5 Å². The molecule has 0 radical (unpaired) electrons. The lowest BCUT2D eigenvalue weighted by Crippen LogP contribution is -2.34. The van der Waals surface area contributed by atoms with Crippen molar-refractivity contribution in [2.24, 2.45) is 5.10 Å². The van der Waals surface area contributed by atoms with Crippen LogP contribution in [0.3, 0.4) is 0 Å². The van der Waals surface area contributed by atoms with Gasteiger partial charge in [0.15, 0.2) is 0 Å². The van der Waals surface area contributed by atoms with Crippen molar-refractivity contribution in [1.29, 1.82) is 0 Å². The van der Waals surface area contributed by atoms with E-state index in [2.05, 4.69) is 15.8 Å². The lowest BCUT2D eigenvalue weighted by molar-refractivity contribution is -0.120. The molecule has 2 N–H and O–H groups in total. The van der Waals surface area contributed by atoms with Crippen LogP contribution in [0.5, 0.6) is 0 Å². The van der Waals surface area contributed by atoms with Crippen LogP contribution in [0.25, 0.3) is 0 Å². The Morgan fingerprint density at radius 1 is 1.08 bits per heavy atom. The van der Waals surface area contributed by atoms with Crippen LogP contribution in [0.15, 0.2) is 47.6 Å². The molecule has 0 spiro atoms. The molecular weight excluding hydrogens is 349 g/mol. The predicted octanol–water partition coefficient (Wildman–Crippen LogP) is 3.18. The lowest BCUT2D eigenvalue weighted by Gasteiger charge is -2.05. The molecule has 0 heterocycles. The normalized spacial score (nSPS) is 10.6. The first-order valence-electron chi connectivity index (χ1n) is 7.07. The zero-order chi connectivity index (χ0) is 17.5. The second kappa shape index (κ2) is 8.47. The van der Waals surface area contributed by atoms with Crippen LogP contribution in [0, 0.1) is 6.92 Å². The Labute approximate surface area is 149 Å². The molecule has 0 bridgehead atoms. The van der Waals surface area contributed by atoms with Gasteiger partial charge in [0.2, 0.25) is 0 Å². The van der Waals surface area contributed by atoms with E-state index >= 15 is 0 Å². The van der Waals surface area contributed by atoms with Gasteiger partial charge in [0.25, 0.3) is 11.8 Å². The van der Waals surface area contributed by atoms with Gasteiger partial charge in [0.1, 0.15) is 0 Å². The minimum Gasteiger partial charge on any atom is -0.343 e. The first-order valence-corrected chi connectivity index (χ1v) is 7.83. The number of nitrogens with one attached hydrogen (secondary N) is 2. The fourth-order valence-electron chi connectivity index (χ4n) is 1.77. The Bertz CT molecular complexity index is 774. The van der Waals surface area contributed by atoms with Gasteiger partial charge in [0, 0.05) is 5.56 Å². The molecule has 0 aliphatic carbocycles. The van der Waals surface area contributed by atoms with Crippen LogP contribution in [-0.4, -0.2) is 24.6 Å². The molecule has 0 unspecified atom stereocenters. The molecule has 0 atom stereocenters. The Morgan fingerprint density at radius 2 is 1.79 bits per heavy atom. The van der Waals surface area contributed by atoms with E-state index < -0.39 is 11.8 Å². The molecule has 24 heavy (non-hydrogen) atoms. The second-order valence-corrected chi connectivity index (χ2v) is 5.83. The zero-order valence-corrected chi connectivity index (χ0v) is 14.4. The van der Waals surface area contributed by atoms with E-state index in [1.807, 2.05) is 31.2 Å². The maximum absolute atomic E-state index is 11.9. The first kappa shape index (κ1) is 18.0. The third kappa shape index (κ3) is 5.37. The van der Waals surface area contributed by atoms with Crippen molar-refractivity contribution in [3.05, 3.63) is 69.2 Å². The van der Waals surface area contributed by atoms with Crippen molar-refractivity contribution in [3.8, 4) is 0 Å². The maximum atomic E-state index is 11.9. The lowest BCUT2D eigenvalue weighted by atomic mass is 10.2. The summed E-state index contributed by atoms with van der Waals surface area (Å²) in [4.78, 5) is 23.6. The number of carbonyl (C=O) groups is 2. The van der Waals surface area contributed by atoms with Gasteiger partial charge >= 0.3 is 0 Å². The van der Waals surface area contributed by atoms with E-state index in [4.69, 9.17) is 23.2 Å². The molecule has 2 rings (SSSR count). The maximum Gasteiger partial charge on any atom is 0.259 e. The fourth-order valence-corrected chi connectivity index (χ4v) is 2.07. The third-order valence-corrected chi connectivity index (χ3v) is 3.81. The van der Waals surface area contributed by atoms with Gasteiger partial charge in [-0.25, -0.2) is 5.43 Å². The number of nitrogens with zero attached hydrogens (tertiary/aromatic N) is 1. The Kier molecular flexibility index (Phi) is 6.35. The van der Waals surface area contributed by atoms with Gasteiger partial charge < -0.3 is 5.32 Å². The molecule has 0 aliphatic rings. The highest BCUT2D eigenvalue weighted by atomic mass is 35.5. The minimum atomic E-state index is -0.438. The summed E-state index contributed by atoms with van der Waals surface area (Å²) in [5.74, 6) is -0.863. The summed E-state index contributed by atoms with van der Waals surface area (Å²) in [7, 11) is 0. The number of hydrazone groups is 1. The number of halogens is 2. The van der Waals surface area contributed by atoms with E-state index in [0.717, 1.165) is 11.1 Å². The van der Waals surface area contributed by atoms with Gasteiger partial charge in [-0.15, -0.1) is 0 Å². The smallest absolute Gasteiger partial charge is 0.259 e. The van der Waals surface area contributed by atoms with E-state index in [0.29, 0.717) is 10.6 Å². The standard InChI is InChI=1S/C17H15Cl2N3O2/c1-11-2-4-12(5-3-11)9-21-22-16(23)10-20-17(24)13-6-7-14(18)15(19)8-13/h2-9H,10H2,1H3,(H,20,24)(H,22,23)/b21-9+. The molecule has 2 amide bonds. The summed E-state index contributed by atoms with van der Waals surface area (Å²) in [6.45, 7) is 1.78. The van der Waals surface area contributed by atoms with E-state index in [1.54, 1.807) is 0 Å². The Hall–Kier alpha value is -2.37. The van der Waals surface area contributed by atoms with Crippen molar-refractivity contribution in [3.63, 3.8) is 0 Å². The van der Waals surface area contributed by atoms with Gasteiger partial charge in [-0.2, -0.15) is 5.10 Å². The summed E-state index contributed by atoms with van der Waals surface area (Å²) in [6.07, 6.45) is 1.53. The summed E-state index contributed by atoms with van der Waals surface area (Å²) in [5, 5.41) is 6.94. The van der Waals surface area contributed by atoms with E-state index in [-0.39, 0.29) is 11.6 Å². The van der Waals surface area contributed by atoms with Crippen molar-refractivity contribution < 1.29 is 9.59 Å². The van der Waals surface area contributed by atoms with Crippen LogP contribution >= 0.6 is 23.2 Å². The molecule has 0 saturated heterocycles. The molecule has 0 aliphatic heterocycles. The number of aryl methyl sites for hydroxylation is 1. The van der Waals surface area contributed by atoms with Crippen LogP contribution in [0.2, 0.25) is 10.0 Å². The molecule has 0 saturated carbocycles. The first-order chi connectivity index (χ1) is 11.5. The Balaban J connectivity index is 1.81. The molecular formula is C17H15Cl2N3O2. The van der Waals surface area contributed by atoms with Crippen molar-refractivity contribution in [2.45, 2.75) is 6.92 Å². The Morgan fingerprint density at radius 3 is 2.46 bits per heavy atom. The summed E-state index contributed by atoms with van der Waals surface area (Å²) in [6, 6.07) is 12.1. The number of hydrogen-bond donors (Lipinski definition) is 2. The highest BCUT2D eigenvalue weighted by Gasteiger charge is 2.09. The highest BCUT2D eigenvalue weighted by molar-refractivity contribution is 6.42.